The Hall–Kier alpha value is -0.780. The lowest BCUT2D eigenvalue weighted by atomic mass is 9.87. The largest absolute Gasteiger partial charge is 0.496 e. The first-order chi connectivity index (χ1) is 10.9. The summed E-state index contributed by atoms with van der Waals surface area (Å²) in [6.07, 6.45) is 4.22. The highest BCUT2D eigenvalue weighted by Crippen LogP contribution is 2.51. The van der Waals surface area contributed by atoms with Crippen LogP contribution in [0.15, 0.2) is 29.3 Å². The molecule has 4 heteroatoms. The van der Waals surface area contributed by atoms with Crippen LogP contribution in [0, 0.1) is 34.0 Å². The van der Waals surface area contributed by atoms with Crippen molar-refractivity contribution in [3.63, 3.8) is 0 Å². The number of para-hydroxylation sites is 1. The highest BCUT2D eigenvalue weighted by molar-refractivity contribution is 14.1. The minimum absolute atomic E-state index is 0.102. The molecule has 0 amide bonds. The topological polar surface area (TPSA) is 30.8 Å². The van der Waals surface area contributed by atoms with E-state index in [0.29, 0.717) is 6.61 Å². The number of halogens is 1. The quantitative estimate of drug-likeness (QED) is 0.676. The summed E-state index contributed by atoms with van der Waals surface area (Å²) in [5.74, 6) is 3.80. The van der Waals surface area contributed by atoms with E-state index in [1.165, 1.54) is 0 Å². The molecule has 3 nitrogen and oxygen atoms in total. The normalized spacial score (nSPS) is 23.9. The molecule has 1 aliphatic heterocycles. The van der Waals surface area contributed by atoms with Crippen LogP contribution in [0.2, 0.25) is 0 Å². The van der Waals surface area contributed by atoms with E-state index in [4.69, 9.17) is 14.5 Å². The Balaban J connectivity index is 1.91. The first-order valence-electron chi connectivity index (χ1n) is 7.71. The fraction of sp³-hybridized carbons (Fsp3) is 0.368. The maximum Gasteiger partial charge on any atom is 0.193 e. The molecule has 2 aliphatic rings. The van der Waals surface area contributed by atoms with Gasteiger partial charge >= 0.3 is 0 Å². The van der Waals surface area contributed by atoms with Crippen LogP contribution in [0.1, 0.15) is 26.3 Å². The minimum atomic E-state index is 0.102. The van der Waals surface area contributed by atoms with Gasteiger partial charge in [0.25, 0.3) is 0 Å². The number of aliphatic imine (C=N–C) groups is 1. The Bertz CT molecular complexity index is 593. The van der Waals surface area contributed by atoms with E-state index in [-0.39, 0.29) is 11.5 Å². The van der Waals surface area contributed by atoms with Crippen molar-refractivity contribution in [3.8, 4) is 5.75 Å². The Kier molecular flexibility index (Phi) is 4.90. The van der Waals surface area contributed by atoms with E-state index in [0.717, 1.165) is 33.0 Å². The van der Waals surface area contributed by atoms with Gasteiger partial charge in [0, 0.05) is 11.5 Å². The van der Waals surface area contributed by atoms with Crippen molar-refractivity contribution in [2.75, 3.05) is 13.7 Å². The fourth-order valence-corrected chi connectivity index (χ4v) is 3.42. The van der Waals surface area contributed by atoms with Crippen LogP contribution in [-0.2, 0) is 4.74 Å². The second-order valence-corrected chi connectivity index (χ2v) is 7.96. The van der Waals surface area contributed by atoms with Crippen LogP contribution in [-0.4, -0.2) is 25.7 Å². The van der Waals surface area contributed by atoms with E-state index < -0.39 is 0 Å². The Morgan fingerprint density at radius 2 is 1.96 bits per heavy atom. The third-order valence-corrected chi connectivity index (χ3v) is 5.07. The molecule has 1 atom stereocenters. The molecule has 1 aromatic carbocycles. The molecule has 0 bridgehead atoms. The third-order valence-electron chi connectivity index (χ3n) is 4.17. The first kappa shape index (κ1) is 17.1. The van der Waals surface area contributed by atoms with Gasteiger partial charge in [0.1, 0.15) is 12.4 Å². The summed E-state index contributed by atoms with van der Waals surface area (Å²) in [5.41, 5.74) is 1.17. The van der Waals surface area contributed by atoms with Crippen LogP contribution < -0.4 is 4.74 Å². The molecule has 0 N–H and O–H groups in total. The zero-order chi connectivity index (χ0) is 16.6. The van der Waals surface area contributed by atoms with Crippen LogP contribution in [0.5, 0.6) is 5.75 Å². The summed E-state index contributed by atoms with van der Waals surface area (Å²) in [5, 5.41) is 0. The molecule has 0 unspecified atom stereocenters. The van der Waals surface area contributed by atoms with Gasteiger partial charge in [-0.1, -0.05) is 61.6 Å². The molecule has 1 heterocycles. The molecule has 121 valence electrons. The lowest BCUT2D eigenvalue weighted by Gasteiger charge is -2.22. The predicted molar refractivity (Wildman–Crippen MR) is 101 cm³/mol. The Labute approximate surface area is 153 Å². The summed E-state index contributed by atoms with van der Waals surface area (Å²) in [4.78, 5) is 4.85. The monoisotopic (exact) mass is 422 g/mol. The molecule has 0 saturated heterocycles. The Morgan fingerprint density at radius 3 is 2.61 bits per heavy atom. The fourth-order valence-electron chi connectivity index (χ4n) is 2.72. The average molecular weight is 422 g/mol. The lowest BCUT2D eigenvalue weighted by Crippen LogP contribution is -2.25. The predicted octanol–water partition coefficient (Wildman–Crippen LogP) is 4.42. The second kappa shape index (κ2) is 6.61. The SMILES string of the molecule is COc1ccccc1[C]1[CH][CH][C](I)[C]1C1=N[C@@H](C(C)(C)C)CO1. The maximum atomic E-state index is 5.96. The molecule has 1 saturated carbocycles. The number of hydrogen-bond donors (Lipinski definition) is 0. The number of methoxy groups -OCH3 is 1. The summed E-state index contributed by atoms with van der Waals surface area (Å²) in [6, 6.07) is 8.25. The number of nitrogens with zero attached hydrogens (tertiary/aromatic N) is 1. The van der Waals surface area contributed by atoms with Gasteiger partial charge in [-0.3, -0.25) is 0 Å². The van der Waals surface area contributed by atoms with Gasteiger partial charge in [-0.15, -0.1) is 0 Å². The lowest BCUT2D eigenvalue weighted by molar-refractivity contribution is 0.234. The van der Waals surface area contributed by atoms with Gasteiger partial charge < -0.3 is 9.47 Å². The van der Waals surface area contributed by atoms with Crippen molar-refractivity contribution < 1.29 is 9.47 Å². The Morgan fingerprint density at radius 1 is 1.22 bits per heavy atom. The smallest absolute Gasteiger partial charge is 0.193 e. The molecule has 1 fully saturated rings. The van der Waals surface area contributed by atoms with Gasteiger partial charge in [0.15, 0.2) is 5.90 Å². The molecule has 3 rings (SSSR count). The average Bonchev–Trinajstić information content (AvgIpc) is 3.13. The first-order valence-corrected chi connectivity index (χ1v) is 8.79. The molecule has 0 spiro atoms. The second-order valence-electron chi connectivity index (χ2n) is 6.80. The van der Waals surface area contributed by atoms with Crippen molar-refractivity contribution in [2.24, 2.45) is 10.4 Å². The molecule has 23 heavy (non-hydrogen) atoms. The van der Waals surface area contributed by atoms with E-state index in [2.05, 4.69) is 62.3 Å². The van der Waals surface area contributed by atoms with Gasteiger partial charge in [0.05, 0.1) is 23.0 Å². The van der Waals surface area contributed by atoms with Crippen molar-refractivity contribution in [2.45, 2.75) is 26.8 Å². The van der Waals surface area contributed by atoms with Gasteiger partial charge in [0.2, 0.25) is 0 Å². The summed E-state index contributed by atoms with van der Waals surface area (Å²) >= 11 is 2.35. The third kappa shape index (κ3) is 3.37. The number of rotatable bonds is 3. The van der Waals surface area contributed by atoms with Crippen molar-refractivity contribution in [3.05, 3.63) is 58.4 Å². The van der Waals surface area contributed by atoms with Gasteiger partial charge in [-0.2, -0.15) is 0 Å². The van der Waals surface area contributed by atoms with Crippen LogP contribution in [0.3, 0.4) is 0 Å². The standard InChI is InChI=1S/C19H21INO2/c1-19(2,3)16-11-23-18(21-16)17-13(9-10-14(17)20)12-7-5-6-8-15(12)22-4/h5-10,16H,11H2,1-4H3/t16-/m1/s1. The van der Waals surface area contributed by atoms with Crippen LogP contribution in [0.4, 0.5) is 0 Å². The van der Waals surface area contributed by atoms with Crippen LogP contribution >= 0.6 is 22.6 Å². The van der Waals surface area contributed by atoms with E-state index >= 15 is 0 Å². The maximum absolute atomic E-state index is 5.96. The molecule has 5 radical (unpaired) electrons. The number of hydrogen-bond acceptors (Lipinski definition) is 3. The number of benzene rings is 1. The molecule has 0 aromatic heterocycles. The van der Waals surface area contributed by atoms with Crippen molar-refractivity contribution in [1.82, 2.24) is 0 Å². The highest BCUT2D eigenvalue weighted by atomic mass is 127. The van der Waals surface area contributed by atoms with E-state index in [1.807, 2.05) is 18.2 Å². The summed E-state index contributed by atoms with van der Waals surface area (Å²) < 4.78 is 12.6. The molecular formula is C19H21INO2. The molecule has 1 aromatic rings. The zero-order valence-corrected chi connectivity index (χ0v) is 16.0. The summed E-state index contributed by atoms with van der Waals surface area (Å²) in [7, 11) is 1.70. The van der Waals surface area contributed by atoms with Crippen LogP contribution in [0.25, 0.3) is 0 Å². The molecular weight excluding hydrogens is 401 g/mol. The summed E-state index contributed by atoms with van der Waals surface area (Å²) in [6.45, 7) is 7.24. The minimum Gasteiger partial charge on any atom is -0.496 e. The zero-order valence-electron chi connectivity index (χ0n) is 13.9. The number of ether oxygens (including phenoxy) is 2. The van der Waals surface area contributed by atoms with Crippen molar-refractivity contribution in [1.29, 1.82) is 0 Å². The van der Waals surface area contributed by atoms with E-state index in [9.17, 15) is 0 Å². The van der Waals surface area contributed by atoms with Gasteiger partial charge in [-0.05, 0) is 24.3 Å². The van der Waals surface area contributed by atoms with Gasteiger partial charge in [-0.25, -0.2) is 4.99 Å². The highest BCUT2D eigenvalue weighted by Gasteiger charge is 2.46. The van der Waals surface area contributed by atoms with E-state index in [1.54, 1.807) is 7.11 Å². The van der Waals surface area contributed by atoms with Crippen molar-refractivity contribution >= 4 is 28.5 Å². The molecule has 1 aliphatic carbocycles.